The van der Waals surface area contributed by atoms with E-state index in [-0.39, 0.29) is 17.9 Å². The molecule has 0 atom stereocenters. The third-order valence-electron chi connectivity index (χ3n) is 2.55. The lowest BCUT2D eigenvalue weighted by Crippen LogP contribution is -2.05. The van der Waals surface area contributed by atoms with Crippen LogP contribution in [0.3, 0.4) is 0 Å². The van der Waals surface area contributed by atoms with Crippen LogP contribution >= 0.6 is 0 Å². The maximum absolute atomic E-state index is 13.1. The van der Waals surface area contributed by atoms with Crippen molar-refractivity contribution in [3.8, 4) is 0 Å². The fraction of sp³-hybridized carbons (Fsp3) is 0.0769. The molecule has 0 aliphatic heterocycles. The molecule has 6 heteroatoms. The second kappa shape index (κ2) is 5.53. The molecule has 2 rings (SSSR count). The van der Waals surface area contributed by atoms with Crippen molar-refractivity contribution in [2.24, 2.45) is 5.16 Å². The smallest absolute Gasteiger partial charge is 0.159 e. The Bertz CT molecular complexity index is 613. The van der Waals surface area contributed by atoms with E-state index in [1.807, 2.05) is 0 Å². The van der Waals surface area contributed by atoms with Crippen LogP contribution in [0, 0.1) is 11.6 Å². The fourth-order valence-corrected chi connectivity index (χ4v) is 1.58. The summed E-state index contributed by atoms with van der Waals surface area (Å²) in [4.78, 5) is 3.92. The van der Waals surface area contributed by atoms with Crippen molar-refractivity contribution in [2.45, 2.75) is 6.61 Å². The van der Waals surface area contributed by atoms with Crippen LogP contribution < -0.4 is 0 Å². The van der Waals surface area contributed by atoms with Crippen LogP contribution in [0.1, 0.15) is 16.8 Å². The number of hydrogen-bond acceptors (Lipinski definition) is 4. The second-order valence-electron chi connectivity index (χ2n) is 3.77. The Hall–Kier alpha value is -2.34. The van der Waals surface area contributed by atoms with Crippen molar-refractivity contribution >= 4 is 5.71 Å². The van der Waals surface area contributed by atoms with Crippen molar-refractivity contribution in [1.82, 2.24) is 4.98 Å². The average molecular weight is 264 g/mol. The molecular formula is C13H10F2N2O2. The molecule has 0 fully saturated rings. The lowest BCUT2D eigenvalue weighted by molar-refractivity contribution is 0.277. The van der Waals surface area contributed by atoms with E-state index in [9.17, 15) is 8.78 Å². The second-order valence-corrected chi connectivity index (χ2v) is 3.77. The maximum Gasteiger partial charge on any atom is 0.159 e. The molecular weight excluding hydrogens is 254 g/mol. The third kappa shape index (κ3) is 2.74. The van der Waals surface area contributed by atoms with Gasteiger partial charge in [-0.25, -0.2) is 8.78 Å². The summed E-state index contributed by atoms with van der Waals surface area (Å²) in [6.07, 6.45) is 1.38. The molecule has 0 aliphatic carbocycles. The zero-order valence-corrected chi connectivity index (χ0v) is 9.72. The minimum atomic E-state index is -1.03. The summed E-state index contributed by atoms with van der Waals surface area (Å²) in [6, 6.07) is 6.29. The Morgan fingerprint density at radius 3 is 2.37 bits per heavy atom. The molecule has 98 valence electrons. The normalized spacial score (nSPS) is 11.6. The van der Waals surface area contributed by atoms with E-state index >= 15 is 0 Å². The number of benzene rings is 1. The molecule has 1 heterocycles. The summed E-state index contributed by atoms with van der Waals surface area (Å²) >= 11 is 0. The number of pyridine rings is 1. The first-order valence-corrected chi connectivity index (χ1v) is 5.39. The van der Waals surface area contributed by atoms with Gasteiger partial charge >= 0.3 is 0 Å². The van der Waals surface area contributed by atoms with Gasteiger partial charge in [0, 0.05) is 17.3 Å². The molecule has 0 amide bonds. The number of rotatable bonds is 3. The predicted molar refractivity (Wildman–Crippen MR) is 63.9 cm³/mol. The molecule has 19 heavy (non-hydrogen) atoms. The standard InChI is InChI=1S/C13H10F2N2O2/c14-11-4-2-8(5-12(11)15)13(17-19)9-1-3-10(7-18)16-6-9/h1-6,18-19H,7H2/b17-13+. The molecule has 0 saturated carbocycles. The first-order valence-electron chi connectivity index (χ1n) is 5.39. The van der Waals surface area contributed by atoms with Crippen LogP contribution in [0.4, 0.5) is 8.78 Å². The number of aliphatic hydroxyl groups excluding tert-OH is 1. The highest BCUT2D eigenvalue weighted by atomic mass is 19.2. The average Bonchev–Trinajstić information content (AvgIpc) is 2.44. The predicted octanol–water partition coefficient (Wildman–Crippen LogP) is 2.08. The lowest BCUT2D eigenvalue weighted by Gasteiger charge is -2.05. The molecule has 0 aliphatic rings. The highest BCUT2D eigenvalue weighted by molar-refractivity contribution is 6.12. The summed E-state index contributed by atoms with van der Waals surface area (Å²) in [5.74, 6) is -2.01. The van der Waals surface area contributed by atoms with Gasteiger partial charge in [0.1, 0.15) is 5.71 Å². The summed E-state index contributed by atoms with van der Waals surface area (Å²) in [5.41, 5.74) is 1.16. The Morgan fingerprint density at radius 1 is 1.11 bits per heavy atom. The Balaban J connectivity index is 2.41. The summed E-state index contributed by atoms with van der Waals surface area (Å²) < 4.78 is 26.0. The van der Waals surface area contributed by atoms with Gasteiger partial charge in [0.25, 0.3) is 0 Å². The zero-order valence-electron chi connectivity index (χ0n) is 9.72. The molecule has 1 aromatic carbocycles. The van der Waals surface area contributed by atoms with Crippen molar-refractivity contribution in [2.75, 3.05) is 0 Å². The zero-order chi connectivity index (χ0) is 13.8. The summed E-state index contributed by atoms with van der Waals surface area (Å²) in [7, 11) is 0. The van der Waals surface area contributed by atoms with Crippen LogP contribution in [0.2, 0.25) is 0 Å². The molecule has 2 aromatic rings. The van der Waals surface area contributed by atoms with E-state index in [4.69, 9.17) is 10.3 Å². The van der Waals surface area contributed by atoms with Crippen LogP contribution in [-0.4, -0.2) is 21.0 Å². The first kappa shape index (κ1) is 13.1. The number of oxime groups is 1. The third-order valence-corrected chi connectivity index (χ3v) is 2.55. The van der Waals surface area contributed by atoms with Gasteiger partial charge in [-0.15, -0.1) is 0 Å². The fourth-order valence-electron chi connectivity index (χ4n) is 1.58. The van der Waals surface area contributed by atoms with Gasteiger partial charge in [-0.3, -0.25) is 4.98 Å². The minimum absolute atomic E-state index is 0.0656. The van der Waals surface area contributed by atoms with E-state index in [0.29, 0.717) is 11.3 Å². The SMILES string of the molecule is OCc1ccc(/C(=N/O)c2ccc(F)c(F)c2)cn1. The van der Waals surface area contributed by atoms with Gasteiger partial charge in [0.05, 0.1) is 12.3 Å². The summed E-state index contributed by atoms with van der Waals surface area (Å²) in [5, 5.41) is 21.0. The van der Waals surface area contributed by atoms with Crippen molar-refractivity contribution in [3.05, 3.63) is 65.0 Å². The highest BCUT2D eigenvalue weighted by Crippen LogP contribution is 2.14. The molecule has 2 N–H and O–H groups in total. The minimum Gasteiger partial charge on any atom is -0.410 e. The van der Waals surface area contributed by atoms with Crippen LogP contribution in [-0.2, 0) is 6.61 Å². The number of hydrogen-bond donors (Lipinski definition) is 2. The Kier molecular flexibility index (Phi) is 3.82. The lowest BCUT2D eigenvalue weighted by atomic mass is 10.0. The van der Waals surface area contributed by atoms with E-state index in [0.717, 1.165) is 12.1 Å². The van der Waals surface area contributed by atoms with Crippen LogP contribution in [0.25, 0.3) is 0 Å². The Labute approximate surface area is 107 Å². The largest absolute Gasteiger partial charge is 0.410 e. The molecule has 0 unspecified atom stereocenters. The van der Waals surface area contributed by atoms with E-state index in [1.54, 1.807) is 12.1 Å². The van der Waals surface area contributed by atoms with Gasteiger partial charge in [0.2, 0.25) is 0 Å². The van der Waals surface area contributed by atoms with Crippen molar-refractivity contribution in [3.63, 3.8) is 0 Å². The van der Waals surface area contributed by atoms with Crippen LogP contribution in [0.5, 0.6) is 0 Å². The summed E-state index contributed by atoms with van der Waals surface area (Å²) in [6.45, 7) is -0.211. The number of halogens is 2. The molecule has 0 radical (unpaired) electrons. The van der Waals surface area contributed by atoms with Gasteiger partial charge < -0.3 is 10.3 Å². The number of nitrogens with zero attached hydrogens (tertiary/aromatic N) is 2. The van der Waals surface area contributed by atoms with Gasteiger partial charge in [-0.2, -0.15) is 0 Å². The highest BCUT2D eigenvalue weighted by Gasteiger charge is 2.11. The first-order chi connectivity index (χ1) is 9.15. The molecule has 0 saturated heterocycles. The van der Waals surface area contributed by atoms with Gasteiger partial charge in [-0.05, 0) is 30.3 Å². The molecule has 0 spiro atoms. The van der Waals surface area contributed by atoms with E-state index in [2.05, 4.69) is 10.1 Å². The number of aliphatic hydroxyl groups is 1. The van der Waals surface area contributed by atoms with Crippen LogP contribution in [0.15, 0.2) is 41.7 Å². The van der Waals surface area contributed by atoms with Gasteiger partial charge in [-0.1, -0.05) is 5.16 Å². The van der Waals surface area contributed by atoms with E-state index < -0.39 is 11.6 Å². The van der Waals surface area contributed by atoms with Crippen molar-refractivity contribution < 1.29 is 19.1 Å². The molecule has 0 bridgehead atoms. The van der Waals surface area contributed by atoms with E-state index in [1.165, 1.54) is 12.3 Å². The van der Waals surface area contributed by atoms with Gasteiger partial charge in [0.15, 0.2) is 11.6 Å². The molecule has 1 aromatic heterocycles. The number of aromatic nitrogens is 1. The quantitative estimate of drug-likeness (QED) is 0.506. The van der Waals surface area contributed by atoms with Crippen molar-refractivity contribution in [1.29, 1.82) is 0 Å². The Morgan fingerprint density at radius 2 is 1.84 bits per heavy atom. The molecule has 4 nitrogen and oxygen atoms in total. The monoisotopic (exact) mass is 264 g/mol. The maximum atomic E-state index is 13.1. The topological polar surface area (TPSA) is 65.7 Å².